The van der Waals surface area contributed by atoms with Gasteiger partial charge < -0.3 is 29.3 Å². The minimum Gasteiger partial charge on any atom is -0.448 e. The number of rotatable bonds is 11. The zero-order valence-corrected chi connectivity index (χ0v) is 24.3. The van der Waals surface area contributed by atoms with Crippen molar-refractivity contribution in [2.75, 3.05) is 86.8 Å². The van der Waals surface area contributed by atoms with E-state index >= 15 is 0 Å². The van der Waals surface area contributed by atoms with Crippen LogP contribution >= 0.6 is 0 Å². The Balaban J connectivity index is 1.44. The Kier molecular flexibility index (Phi) is 10.5. The summed E-state index contributed by atoms with van der Waals surface area (Å²) >= 11 is 0. The van der Waals surface area contributed by atoms with Gasteiger partial charge >= 0.3 is 12.2 Å². The lowest BCUT2D eigenvalue weighted by molar-refractivity contribution is -0.0522. The maximum Gasteiger partial charge on any atom is 0.409 e. The molecule has 0 spiro atoms. The molecule has 4 aliphatic rings. The fraction of sp³-hybridized carbons (Fsp3) is 0.926. The highest BCUT2D eigenvalue weighted by Crippen LogP contribution is 2.47. The van der Waals surface area contributed by atoms with E-state index in [9.17, 15) is 9.59 Å². The van der Waals surface area contributed by atoms with Crippen LogP contribution < -0.4 is 5.32 Å². The van der Waals surface area contributed by atoms with Gasteiger partial charge in [0.2, 0.25) is 0 Å². The second-order valence-electron chi connectivity index (χ2n) is 12.7. The molecule has 4 atom stereocenters. The van der Waals surface area contributed by atoms with Gasteiger partial charge in [-0.25, -0.2) is 9.59 Å². The van der Waals surface area contributed by atoms with Crippen LogP contribution in [-0.4, -0.2) is 137 Å². The highest BCUT2D eigenvalue weighted by Gasteiger charge is 2.44. The number of hydrogen-bond acceptors (Lipinski definition) is 8. The Morgan fingerprint density at radius 1 is 0.946 bits per heavy atom. The van der Waals surface area contributed by atoms with Crippen molar-refractivity contribution < 1.29 is 23.8 Å². The van der Waals surface area contributed by atoms with Gasteiger partial charge in [0.05, 0.1) is 19.3 Å². The van der Waals surface area contributed by atoms with Crippen LogP contribution in [0.3, 0.4) is 0 Å². The van der Waals surface area contributed by atoms with Crippen LogP contribution in [0.2, 0.25) is 0 Å². The second kappa shape index (κ2) is 13.0. The zero-order valence-electron chi connectivity index (χ0n) is 24.3. The summed E-state index contributed by atoms with van der Waals surface area (Å²) in [5.41, 5.74) is -0.118. The number of ether oxygens (including phenoxy) is 3. The number of hydrogen-bond donors (Lipinski definition) is 1. The normalized spacial score (nSPS) is 32.7. The third-order valence-corrected chi connectivity index (χ3v) is 8.39. The molecule has 0 aromatic rings. The van der Waals surface area contributed by atoms with Crippen molar-refractivity contribution in [3.8, 4) is 0 Å². The zero-order chi connectivity index (χ0) is 27.2. The molecule has 3 saturated heterocycles. The predicted octanol–water partition coefficient (Wildman–Crippen LogP) is 2.33. The lowest BCUT2D eigenvalue weighted by atomic mass is 9.62. The van der Waals surface area contributed by atoms with Crippen molar-refractivity contribution in [2.24, 2.45) is 10.8 Å². The number of piperazine rings is 3. The highest BCUT2D eigenvalue weighted by molar-refractivity contribution is 5.68. The van der Waals surface area contributed by atoms with E-state index in [0.29, 0.717) is 32.4 Å². The van der Waals surface area contributed by atoms with Crippen molar-refractivity contribution in [3.05, 3.63) is 0 Å². The standard InChI is InChI=1S/C27H51N5O5/c1-21-23(32-10-8-31(21)9-11-32)18-37-24(33)28-20-27(4)17-22(16-26(2,3)19-27)30(7)25(34)36-15-14-35-13-12-29(5)6/h21-23H,8-20H2,1-7H3,(H,28,33). The van der Waals surface area contributed by atoms with Crippen LogP contribution in [0.4, 0.5) is 9.59 Å². The molecular weight excluding hydrogens is 474 g/mol. The van der Waals surface area contributed by atoms with Gasteiger partial charge in [-0.15, -0.1) is 0 Å². The van der Waals surface area contributed by atoms with Gasteiger partial charge in [0.15, 0.2) is 0 Å². The second-order valence-corrected chi connectivity index (χ2v) is 12.7. The molecule has 0 aromatic heterocycles. The van der Waals surface area contributed by atoms with Crippen LogP contribution in [0.25, 0.3) is 0 Å². The summed E-state index contributed by atoms with van der Waals surface area (Å²) in [6.07, 6.45) is 1.97. The maximum absolute atomic E-state index is 12.7. The number of carbonyl (C=O) groups excluding carboxylic acids is 2. The van der Waals surface area contributed by atoms with Gasteiger partial charge in [-0.05, 0) is 51.1 Å². The summed E-state index contributed by atoms with van der Waals surface area (Å²) in [4.78, 5) is 34.1. The molecule has 10 heteroatoms. The van der Waals surface area contributed by atoms with Crippen LogP contribution in [0.5, 0.6) is 0 Å². The van der Waals surface area contributed by atoms with E-state index in [4.69, 9.17) is 14.2 Å². The van der Waals surface area contributed by atoms with Gasteiger partial charge in [0.1, 0.15) is 13.2 Å². The molecule has 37 heavy (non-hydrogen) atoms. The number of amides is 2. The SMILES string of the molecule is CC1C(COC(=O)NCC2(C)CC(N(C)C(=O)OCCOCCN(C)C)CC(C)(C)C2)N2CCN1CC2. The molecule has 3 aliphatic heterocycles. The number of likely N-dealkylation sites (N-methyl/N-ethyl adjacent to an activating group) is 1. The summed E-state index contributed by atoms with van der Waals surface area (Å²) in [7, 11) is 5.80. The Morgan fingerprint density at radius 3 is 2.27 bits per heavy atom. The molecule has 2 bridgehead atoms. The van der Waals surface area contributed by atoms with E-state index < -0.39 is 0 Å². The summed E-state index contributed by atoms with van der Waals surface area (Å²) in [6, 6.07) is 0.710. The summed E-state index contributed by atoms with van der Waals surface area (Å²) < 4.78 is 16.7. The van der Waals surface area contributed by atoms with Crippen LogP contribution in [-0.2, 0) is 14.2 Å². The number of carbonyl (C=O) groups is 2. The largest absolute Gasteiger partial charge is 0.448 e. The topological polar surface area (TPSA) is 86.8 Å². The molecule has 0 radical (unpaired) electrons. The minimum absolute atomic E-state index is 0.0333. The summed E-state index contributed by atoms with van der Waals surface area (Å²) in [5.74, 6) is 0. The number of nitrogens with one attached hydrogen (secondary N) is 1. The van der Waals surface area contributed by atoms with Crippen molar-refractivity contribution in [2.45, 2.75) is 65.1 Å². The van der Waals surface area contributed by atoms with E-state index in [1.807, 2.05) is 26.0 Å². The van der Waals surface area contributed by atoms with Crippen LogP contribution in [0, 0.1) is 10.8 Å². The number of fused-ring (bicyclic) bond motifs is 3. The van der Waals surface area contributed by atoms with Gasteiger partial charge in [-0.2, -0.15) is 0 Å². The van der Waals surface area contributed by atoms with Gasteiger partial charge in [0, 0.05) is 58.4 Å². The van der Waals surface area contributed by atoms with Gasteiger partial charge in [-0.3, -0.25) is 9.80 Å². The molecule has 1 aliphatic carbocycles. The third-order valence-electron chi connectivity index (χ3n) is 8.39. The highest BCUT2D eigenvalue weighted by atomic mass is 16.6. The van der Waals surface area contributed by atoms with Gasteiger partial charge in [0.25, 0.3) is 0 Å². The Bertz CT molecular complexity index is 755. The first-order chi connectivity index (χ1) is 17.4. The molecule has 0 aromatic carbocycles. The summed E-state index contributed by atoms with van der Waals surface area (Å²) in [6.45, 7) is 16.2. The monoisotopic (exact) mass is 525 g/mol. The molecule has 1 saturated carbocycles. The molecule has 10 nitrogen and oxygen atoms in total. The first-order valence-corrected chi connectivity index (χ1v) is 13.9. The summed E-state index contributed by atoms with van der Waals surface area (Å²) in [5, 5.41) is 3.03. The lowest BCUT2D eigenvalue weighted by Gasteiger charge is -2.51. The molecule has 2 amide bonds. The fourth-order valence-corrected chi connectivity index (χ4v) is 6.54. The Morgan fingerprint density at radius 2 is 1.62 bits per heavy atom. The molecule has 4 unspecified atom stereocenters. The van der Waals surface area contributed by atoms with Gasteiger partial charge in [-0.1, -0.05) is 20.8 Å². The smallest absolute Gasteiger partial charge is 0.409 e. The maximum atomic E-state index is 12.7. The molecule has 4 fully saturated rings. The number of alkyl carbamates (subject to hydrolysis) is 1. The third kappa shape index (κ3) is 8.70. The van der Waals surface area contributed by atoms with E-state index in [0.717, 1.165) is 52.0 Å². The molecule has 4 rings (SSSR count). The number of nitrogens with zero attached hydrogens (tertiary/aromatic N) is 4. The first-order valence-electron chi connectivity index (χ1n) is 13.9. The average molecular weight is 526 g/mol. The van der Waals surface area contributed by atoms with E-state index in [2.05, 4.69) is 42.8 Å². The van der Waals surface area contributed by atoms with Crippen molar-refractivity contribution >= 4 is 12.2 Å². The molecule has 1 N–H and O–H groups in total. The molecular formula is C27H51N5O5. The lowest BCUT2D eigenvalue weighted by Crippen LogP contribution is -2.66. The Labute approximate surface area is 223 Å². The van der Waals surface area contributed by atoms with Crippen molar-refractivity contribution in [3.63, 3.8) is 0 Å². The van der Waals surface area contributed by atoms with Crippen molar-refractivity contribution in [1.29, 1.82) is 0 Å². The fourth-order valence-electron chi connectivity index (χ4n) is 6.54. The van der Waals surface area contributed by atoms with E-state index in [1.165, 1.54) is 0 Å². The van der Waals surface area contributed by atoms with Crippen LogP contribution in [0.1, 0.15) is 47.0 Å². The first kappa shape index (κ1) is 29.9. The van der Waals surface area contributed by atoms with E-state index in [-0.39, 0.29) is 41.7 Å². The molecule has 214 valence electrons. The quantitative estimate of drug-likeness (QED) is 0.412. The minimum atomic E-state index is -0.354. The van der Waals surface area contributed by atoms with Crippen molar-refractivity contribution in [1.82, 2.24) is 24.9 Å². The predicted molar refractivity (Wildman–Crippen MR) is 144 cm³/mol. The Hall–Kier alpha value is -1.62. The average Bonchev–Trinajstić information content (AvgIpc) is 2.83. The van der Waals surface area contributed by atoms with E-state index in [1.54, 1.807) is 4.90 Å². The van der Waals surface area contributed by atoms with Crippen LogP contribution in [0.15, 0.2) is 0 Å². The molecule has 3 heterocycles.